The van der Waals surface area contributed by atoms with Gasteiger partial charge in [-0.2, -0.15) is 0 Å². The Balaban J connectivity index is 1.97. The van der Waals surface area contributed by atoms with Gasteiger partial charge in [0.2, 0.25) is 0 Å². The molecule has 3 aromatic rings. The van der Waals surface area contributed by atoms with Crippen LogP contribution in [0.3, 0.4) is 0 Å². The van der Waals surface area contributed by atoms with Gasteiger partial charge in [-0.3, -0.25) is 14.9 Å². The van der Waals surface area contributed by atoms with E-state index in [0.717, 1.165) is 6.07 Å². The fourth-order valence-corrected chi connectivity index (χ4v) is 2.32. The van der Waals surface area contributed by atoms with Gasteiger partial charge in [-0.25, -0.2) is 4.98 Å². The zero-order valence-corrected chi connectivity index (χ0v) is 12.8. The number of phenolic OH excluding ortho intramolecular Hbond substituents is 1. The van der Waals surface area contributed by atoms with Crippen molar-refractivity contribution < 1.29 is 10.0 Å². The van der Waals surface area contributed by atoms with Gasteiger partial charge >= 0.3 is 0 Å². The Morgan fingerprint density at radius 1 is 1.29 bits per heavy atom. The van der Waals surface area contributed by atoms with E-state index in [9.17, 15) is 20.0 Å². The van der Waals surface area contributed by atoms with Gasteiger partial charge in [0.05, 0.1) is 21.5 Å². The number of hydrogen-bond acceptors (Lipinski definition) is 6. The first-order valence-electron chi connectivity index (χ1n) is 6.73. The van der Waals surface area contributed by atoms with E-state index >= 15 is 0 Å². The normalized spacial score (nSPS) is 10.5. The van der Waals surface area contributed by atoms with Crippen LogP contribution < -0.4 is 10.9 Å². The number of H-pyrrole nitrogens is 1. The fraction of sp³-hybridized carbons (Fsp3) is 0. The van der Waals surface area contributed by atoms with Crippen LogP contribution in [0.4, 0.5) is 11.4 Å². The fourth-order valence-electron chi connectivity index (χ4n) is 2.11. The van der Waals surface area contributed by atoms with Crippen LogP contribution in [0.1, 0.15) is 5.82 Å². The molecule has 120 valence electrons. The van der Waals surface area contributed by atoms with E-state index in [1.165, 1.54) is 12.1 Å². The molecule has 0 amide bonds. The number of nitrogens with one attached hydrogen (secondary N) is 2. The minimum absolute atomic E-state index is 0.0219. The number of aromatic nitrogens is 2. The summed E-state index contributed by atoms with van der Waals surface area (Å²) in [7, 11) is 0. The molecule has 0 aliphatic carbocycles. The maximum absolute atomic E-state index is 12.0. The van der Waals surface area contributed by atoms with Gasteiger partial charge in [0.25, 0.3) is 11.2 Å². The summed E-state index contributed by atoms with van der Waals surface area (Å²) < 4.78 is 0. The first-order valence-corrected chi connectivity index (χ1v) is 7.14. The second-order valence-corrected chi connectivity index (χ2v) is 5.25. The smallest absolute Gasteiger partial charge is 0.271 e. The molecule has 0 aliphatic heterocycles. The third kappa shape index (κ3) is 2.92. The number of benzene rings is 2. The summed E-state index contributed by atoms with van der Waals surface area (Å²) in [5.41, 5.74) is -0.0604. The van der Waals surface area contributed by atoms with Gasteiger partial charge in [0.1, 0.15) is 10.7 Å². The van der Waals surface area contributed by atoms with Crippen LogP contribution in [-0.4, -0.2) is 25.0 Å². The molecule has 3 rings (SSSR count). The van der Waals surface area contributed by atoms with Crippen molar-refractivity contribution in [3.8, 4) is 5.75 Å². The van der Waals surface area contributed by atoms with Crippen LogP contribution in [0.5, 0.6) is 5.75 Å². The van der Waals surface area contributed by atoms with Crippen LogP contribution in [0.2, 0.25) is 0 Å². The topological polar surface area (TPSA) is 121 Å². The zero-order valence-electron chi connectivity index (χ0n) is 12.0. The average molecular weight is 342 g/mol. The number of para-hydroxylation sites is 1. The molecule has 0 aliphatic rings. The second kappa shape index (κ2) is 6.05. The van der Waals surface area contributed by atoms with Crippen LogP contribution in [-0.2, 0) is 0 Å². The number of rotatable bonds is 3. The van der Waals surface area contributed by atoms with Gasteiger partial charge in [0.15, 0.2) is 5.82 Å². The highest BCUT2D eigenvalue weighted by Crippen LogP contribution is 2.28. The summed E-state index contributed by atoms with van der Waals surface area (Å²) >= 11 is 5.17. The maximum Gasteiger partial charge on any atom is 0.271 e. The monoisotopic (exact) mass is 342 g/mol. The average Bonchev–Trinajstić information content (AvgIpc) is 2.56. The third-order valence-corrected chi connectivity index (χ3v) is 3.56. The molecule has 0 saturated heterocycles. The van der Waals surface area contributed by atoms with E-state index in [0.29, 0.717) is 10.9 Å². The first kappa shape index (κ1) is 15.6. The number of anilines is 1. The van der Waals surface area contributed by atoms with Gasteiger partial charge in [0, 0.05) is 12.1 Å². The highest BCUT2D eigenvalue weighted by Gasteiger charge is 2.14. The molecule has 24 heavy (non-hydrogen) atoms. The summed E-state index contributed by atoms with van der Waals surface area (Å²) in [5.74, 6) is -0.120. The van der Waals surface area contributed by atoms with E-state index in [1.54, 1.807) is 24.3 Å². The van der Waals surface area contributed by atoms with E-state index < -0.39 is 4.92 Å². The lowest BCUT2D eigenvalue weighted by Gasteiger charge is -2.09. The van der Waals surface area contributed by atoms with E-state index in [-0.39, 0.29) is 33.5 Å². The summed E-state index contributed by atoms with van der Waals surface area (Å²) in [6.07, 6.45) is 0. The molecule has 8 nitrogen and oxygen atoms in total. The van der Waals surface area contributed by atoms with Crippen molar-refractivity contribution in [1.82, 2.24) is 9.97 Å². The number of thiocarbonyl (C=S) groups is 1. The lowest BCUT2D eigenvalue weighted by molar-refractivity contribution is -0.384. The molecule has 1 heterocycles. The number of aromatic hydroxyl groups is 1. The van der Waals surface area contributed by atoms with Crippen molar-refractivity contribution in [2.24, 2.45) is 0 Å². The lowest BCUT2D eigenvalue weighted by Crippen LogP contribution is -2.20. The minimum Gasteiger partial charge on any atom is -0.506 e. The number of nitro groups is 1. The van der Waals surface area contributed by atoms with E-state index in [4.69, 9.17) is 12.2 Å². The Kier molecular flexibility index (Phi) is 3.92. The predicted octanol–water partition coefficient (Wildman–Crippen LogP) is 2.32. The largest absolute Gasteiger partial charge is 0.506 e. The Labute approximate surface area is 139 Å². The van der Waals surface area contributed by atoms with E-state index in [1.807, 2.05) is 0 Å². The van der Waals surface area contributed by atoms with Gasteiger partial charge in [-0.15, -0.1) is 0 Å². The summed E-state index contributed by atoms with van der Waals surface area (Å²) in [6.45, 7) is 0. The number of hydrogen-bond donors (Lipinski definition) is 3. The summed E-state index contributed by atoms with van der Waals surface area (Å²) in [6, 6.07) is 10.2. The summed E-state index contributed by atoms with van der Waals surface area (Å²) in [5, 5.41) is 23.7. The van der Waals surface area contributed by atoms with Crippen LogP contribution >= 0.6 is 12.2 Å². The third-order valence-electron chi connectivity index (χ3n) is 3.27. The molecule has 0 spiro atoms. The van der Waals surface area contributed by atoms with Crippen LogP contribution in [0.25, 0.3) is 10.9 Å². The molecule has 0 saturated carbocycles. The van der Waals surface area contributed by atoms with E-state index in [2.05, 4.69) is 15.3 Å². The number of nitro benzene ring substituents is 1. The Bertz CT molecular complexity index is 1030. The predicted molar refractivity (Wildman–Crippen MR) is 92.4 cm³/mol. The number of fused-ring (bicyclic) bond motifs is 1. The molecule has 1 aromatic heterocycles. The molecule has 0 atom stereocenters. The van der Waals surface area contributed by atoms with Crippen LogP contribution in [0.15, 0.2) is 47.3 Å². The molecule has 0 unspecified atom stereocenters. The Morgan fingerprint density at radius 2 is 2.04 bits per heavy atom. The second-order valence-electron chi connectivity index (χ2n) is 4.84. The van der Waals surface area contributed by atoms with Gasteiger partial charge < -0.3 is 15.4 Å². The molecule has 0 fully saturated rings. The van der Waals surface area contributed by atoms with Gasteiger partial charge in [-0.1, -0.05) is 24.4 Å². The van der Waals surface area contributed by atoms with Crippen molar-refractivity contribution in [3.63, 3.8) is 0 Å². The lowest BCUT2D eigenvalue weighted by atomic mass is 10.2. The standard InChI is InChI=1S/C15H10N4O4S/c20-12-6-5-8(19(22)23)7-11(12)17-15(24)13-16-10-4-2-1-3-9(10)14(21)18-13/h1-7,20H,(H,17,24)(H,16,18,21). The quantitative estimate of drug-likeness (QED) is 0.289. The molecule has 0 bridgehead atoms. The SMILES string of the molecule is O=c1[nH]c(C(=S)Nc2cc([N+](=O)[O-])ccc2O)nc2ccccc12. The molecular formula is C15H10N4O4S. The summed E-state index contributed by atoms with van der Waals surface area (Å²) in [4.78, 5) is 29.1. The highest BCUT2D eigenvalue weighted by atomic mass is 32.1. The van der Waals surface area contributed by atoms with Crippen molar-refractivity contribution in [2.75, 3.05) is 5.32 Å². The van der Waals surface area contributed by atoms with Crippen LogP contribution in [0, 0.1) is 10.1 Å². The molecule has 3 N–H and O–H groups in total. The first-order chi connectivity index (χ1) is 11.5. The number of nitrogens with zero attached hydrogens (tertiary/aromatic N) is 2. The molecular weight excluding hydrogens is 332 g/mol. The maximum atomic E-state index is 12.0. The minimum atomic E-state index is -0.593. The zero-order chi connectivity index (χ0) is 17.3. The van der Waals surface area contributed by atoms with Crippen molar-refractivity contribution in [1.29, 1.82) is 0 Å². The Hall–Kier alpha value is -3.33. The van der Waals surface area contributed by atoms with Crippen molar-refractivity contribution in [3.05, 3.63) is 68.8 Å². The van der Waals surface area contributed by atoms with Crippen molar-refractivity contribution >= 4 is 39.5 Å². The van der Waals surface area contributed by atoms with Crippen molar-refractivity contribution in [2.45, 2.75) is 0 Å². The van der Waals surface area contributed by atoms with Gasteiger partial charge in [-0.05, 0) is 18.2 Å². The Morgan fingerprint density at radius 3 is 2.79 bits per heavy atom. The number of phenols is 1. The molecule has 9 heteroatoms. The number of aromatic amines is 1. The number of non-ortho nitro benzene ring substituents is 1. The molecule has 2 aromatic carbocycles. The molecule has 0 radical (unpaired) electrons. The highest BCUT2D eigenvalue weighted by molar-refractivity contribution is 7.81.